The number of hydrogen-bond acceptors (Lipinski definition) is 2. The Labute approximate surface area is 85.4 Å². The van der Waals surface area contributed by atoms with Crippen molar-refractivity contribution in [3.63, 3.8) is 0 Å². The zero-order valence-corrected chi connectivity index (χ0v) is 9.17. The molecule has 0 fully saturated rings. The number of Topliss-reactive ketones (excluding diaryl/α,β-unsaturated/α-hetero) is 2. The smallest absolute Gasteiger partial charge is 0.136 e. The Morgan fingerprint density at radius 1 is 1.43 bits per heavy atom. The van der Waals surface area contributed by atoms with Crippen LogP contribution in [0.4, 0.5) is 0 Å². The third kappa shape index (κ3) is 1.94. The van der Waals surface area contributed by atoms with Gasteiger partial charge < -0.3 is 4.79 Å². The van der Waals surface area contributed by atoms with E-state index in [0.717, 1.165) is 6.42 Å². The molecule has 1 rings (SSSR count). The van der Waals surface area contributed by atoms with Gasteiger partial charge >= 0.3 is 0 Å². The van der Waals surface area contributed by atoms with Crippen molar-refractivity contribution < 1.29 is 9.59 Å². The van der Waals surface area contributed by atoms with Crippen molar-refractivity contribution in [2.75, 3.05) is 0 Å². The molecule has 2 atom stereocenters. The van der Waals surface area contributed by atoms with E-state index in [9.17, 15) is 9.59 Å². The molecule has 0 saturated heterocycles. The quantitative estimate of drug-likeness (QED) is 0.644. The molecule has 0 aromatic heterocycles. The minimum atomic E-state index is -0.286. The lowest BCUT2D eigenvalue weighted by molar-refractivity contribution is -0.129. The molecule has 0 unspecified atom stereocenters. The zero-order valence-electron chi connectivity index (χ0n) is 9.17. The SMILES string of the molecule is CC(=O)CC[C@]1(C(C)=O)CC=C[C@@H]1C. The fraction of sp³-hybridized carbons (Fsp3) is 0.667. The highest BCUT2D eigenvalue weighted by molar-refractivity contribution is 5.85. The maximum atomic E-state index is 11.6. The molecule has 14 heavy (non-hydrogen) atoms. The van der Waals surface area contributed by atoms with Crippen molar-refractivity contribution in [3.05, 3.63) is 12.2 Å². The molecule has 0 radical (unpaired) electrons. The van der Waals surface area contributed by atoms with Gasteiger partial charge in [-0.05, 0) is 32.6 Å². The van der Waals surface area contributed by atoms with Gasteiger partial charge in [0.25, 0.3) is 0 Å². The second-order valence-corrected chi connectivity index (χ2v) is 4.34. The van der Waals surface area contributed by atoms with Crippen molar-refractivity contribution in [2.45, 2.75) is 40.0 Å². The summed E-state index contributed by atoms with van der Waals surface area (Å²) in [6.45, 7) is 5.29. The Kier molecular flexibility index (Phi) is 3.25. The van der Waals surface area contributed by atoms with Gasteiger partial charge in [-0.2, -0.15) is 0 Å². The molecule has 0 bridgehead atoms. The molecule has 0 heterocycles. The minimum absolute atomic E-state index is 0.171. The first-order valence-electron chi connectivity index (χ1n) is 5.16. The van der Waals surface area contributed by atoms with Crippen LogP contribution in [0, 0.1) is 11.3 Å². The van der Waals surface area contributed by atoms with Gasteiger partial charge in [-0.15, -0.1) is 0 Å². The van der Waals surface area contributed by atoms with Gasteiger partial charge in [0.2, 0.25) is 0 Å². The number of carbonyl (C=O) groups excluding carboxylic acids is 2. The lowest BCUT2D eigenvalue weighted by Crippen LogP contribution is -2.32. The van der Waals surface area contributed by atoms with E-state index in [2.05, 4.69) is 19.1 Å². The molecule has 0 amide bonds. The van der Waals surface area contributed by atoms with E-state index in [4.69, 9.17) is 0 Å². The van der Waals surface area contributed by atoms with Crippen LogP contribution in [0.2, 0.25) is 0 Å². The fourth-order valence-electron chi connectivity index (χ4n) is 2.22. The third-order valence-corrected chi connectivity index (χ3v) is 3.40. The van der Waals surface area contributed by atoms with Gasteiger partial charge in [-0.3, -0.25) is 4.79 Å². The largest absolute Gasteiger partial charge is 0.300 e. The first-order valence-corrected chi connectivity index (χ1v) is 5.16. The fourth-order valence-corrected chi connectivity index (χ4v) is 2.22. The first kappa shape index (κ1) is 11.2. The first-order chi connectivity index (χ1) is 6.49. The number of hydrogen-bond donors (Lipinski definition) is 0. The van der Waals surface area contributed by atoms with Crippen LogP contribution in [-0.2, 0) is 9.59 Å². The zero-order chi connectivity index (χ0) is 10.8. The van der Waals surface area contributed by atoms with Gasteiger partial charge in [-0.1, -0.05) is 19.1 Å². The van der Waals surface area contributed by atoms with Crippen LogP contribution in [0.5, 0.6) is 0 Å². The van der Waals surface area contributed by atoms with Gasteiger partial charge in [-0.25, -0.2) is 0 Å². The highest BCUT2D eigenvalue weighted by Gasteiger charge is 2.41. The Balaban J connectivity index is 2.74. The van der Waals surface area contributed by atoms with Gasteiger partial charge in [0, 0.05) is 11.8 Å². The van der Waals surface area contributed by atoms with Crippen LogP contribution in [-0.4, -0.2) is 11.6 Å². The van der Waals surface area contributed by atoms with E-state index in [1.807, 2.05) is 0 Å². The number of allylic oxidation sites excluding steroid dienone is 2. The molecule has 1 aliphatic rings. The molecule has 2 nitrogen and oxygen atoms in total. The number of ketones is 2. The lowest BCUT2D eigenvalue weighted by Gasteiger charge is -2.30. The van der Waals surface area contributed by atoms with Crippen molar-refractivity contribution >= 4 is 11.6 Å². The van der Waals surface area contributed by atoms with E-state index < -0.39 is 0 Å². The topological polar surface area (TPSA) is 34.1 Å². The predicted octanol–water partition coefficient (Wildman–Crippen LogP) is 2.53. The van der Waals surface area contributed by atoms with Crippen LogP contribution >= 0.6 is 0 Å². The Hall–Kier alpha value is -0.920. The van der Waals surface area contributed by atoms with Crippen molar-refractivity contribution in [1.82, 2.24) is 0 Å². The third-order valence-electron chi connectivity index (χ3n) is 3.40. The van der Waals surface area contributed by atoms with E-state index >= 15 is 0 Å². The summed E-state index contributed by atoms with van der Waals surface area (Å²) in [4.78, 5) is 22.6. The molecular weight excluding hydrogens is 176 g/mol. The van der Waals surface area contributed by atoms with Gasteiger partial charge in [0.15, 0.2) is 0 Å². The maximum Gasteiger partial charge on any atom is 0.136 e. The Morgan fingerprint density at radius 2 is 2.07 bits per heavy atom. The van der Waals surface area contributed by atoms with Crippen molar-refractivity contribution in [1.29, 1.82) is 0 Å². The Bertz CT molecular complexity index is 278. The molecule has 0 aliphatic heterocycles. The summed E-state index contributed by atoms with van der Waals surface area (Å²) in [6.07, 6.45) is 6.17. The van der Waals surface area contributed by atoms with E-state index in [-0.39, 0.29) is 22.9 Å². The van der Waals surface area contributed by atoms with Gasteiger partial charge in [0.05, 0.1) is 0 Å². The molecule has 0 N–H and O–H groups in total. The molecule has 2 heteroatoms. The molecule has 78 valence electrons. The summed E-state index contributed by atoms with van der Waals surface area (Å²) >= 11 is 0. The van der Waals surface area contributed by atoms with Crippen LogP contribution in [0.1, 0.15) is 40.0 Å². The second-order valence-electron chi connectivity index (χ2n) is 4.34. The monoisotopic (exact) mass is 194 g/mol. The molecule has 1 aliphatic carbocycles. The van der Waals surface area contributed by atoms with Crippen LogP contribution < -0.4 is 0 Å². The van der Waals surface area contributed by atoms with Crippen molar-refractivity contribution in [2.24, 2.45) is 11.3 Å². The molecule has 0 aromatic carbocycles. The molecular formula is C12H18O2. The number of rotatable bonds is 4. The van der Waals surface area contributed by atoms with Crippen LogP contribution in [0.3, 0.4) is 0 Å². The minimum Gasteiger partial charge on any atom is -0.300 e. The number of carbonyl (C=O) groups is 2. The van der Waals surface area contributed by atoms with Crippen LogP contribution in [0.15, 0.2) is 12.2 Å². The van der Waals surface area contributed by atoms with Gasteiger partial charge in [0.1, 0.15) is 11.6 Å². The standard InChI is InChI=1S/C12H18O2/c1-9-5-4-7-12(9,11(3)14)8-6-10(2)13/h4-5,9H,6-8H2,1-3H3/t9-,12+/m0/s1. The normalized spacial score (nSPS) is 30.6. The predicted molar refractivity (Wildman–Crippen MR) is 56.0 cm³/mol. The van der Waals surface area contributed by atoms with E-state index in [1.54, 1.807) is 13.8 Å². The summed E-state index contributed by atoms with van der Waals surface area (Å²) in [5.74, 6) is 0.667. The average Bonchev–Trinajstić information content (AvgIpc) is 2.44. The summed E-state index contributed by atoms with van der Waals surface area (Å²) in [6, 6.07) is 0. The highest BCUT2D eigenvalue weighted by atomic mass is 16.1. The summed E-state index contributed by atoms with van der Waals surface area (Å²) in [5, 5.41) is 0. The average molecular weight is 194 g/mol. The van der Waals surface area contributed by atoms with Crippen LogP contribution in [0.25, 0.3) is 0 Å². The summed E-state index contributed by atoms with van der Waals surface area (Å²) < 4.78 is 0. The summed E-state index contributed by atoms with van der Waals surface area (Å²) in [5.41, 5.74) is -0.286. The molecule has 0 saturated carbocycles. The van der Waals surface area contributed by atoms with E-state index in [0.29, 0.717) is 12.8 Å². The molecule has 0 aromatic rings. The lowest BCUT2D eigenvalue weighted by atomic mass is 9.71. The highest BCUT2D eigenvalue weighted by Crippen LogP contribution is 2.43. The van der Waals surface area contributed by atoms with E-state index in [1.165, 1.54) is 0 Å². The maximum absolute atomic E-state index is 11.6. The molecule has 0 spiro atoms. The van der Waals surface area contributed by atoms with Crippen molar-refractivity contribution in [3.8, 4) is 0 Å². The second kappa shape index (κ2) is 4.07. The summed E-state index contributed by atoms with van der Waals surface area (Å²) in [7, 11) is 0. The Morgan fingerprint density at radius 3 is 2.43 bits per heavy atom.